The van der Waals surface area contributed by atoms with Crippen LogP contribution in [0.5, 0.6) is 0 Å². The van der Waals surface area contributed by atoms with Crippen molar-refractivity contribution in [2.45, 2.75) is 25.8 Å². The molecule has 4 aromatic carbocycles. The molecule has 0 aliphatic carbocycles. The highest BCUT2D eigenvalue weighted by molar-refractivity contribution is 6.06. The lowest BCUT2D eigenvalue weighted by molar-refractivity contribution is -0.137. The third-order valence-corrected chi connectivity index (χ3v) is 6.74. The second-order valence-corrected chi connectivity index (χ2v) is 9.76. The first kappa shape index (κ1) is 29.1. The number of nitrogens with zero attached hydrogens (tertiary/aromatic N) is 1. The van der Waals surface area contributed by atoms with E-state index in [2.05, 4.69) is 5.32 Å². The van der Waals surface area contributed by atoms with Gasteiger partial charge in [0.25, 0.3) is 11.8 Å². The summed E-state index contributed by atoms with van der Waals surface area (Å²) in [5, 5.41) is 12.0. The van der Waals surface area contributed by atoms with Crippen LogP contribution in [0.15, 0.2) is 97.1 Å². The number of rotatable bonds is 11. The fourth-order valence-corrected chi connectivity index (χ4v) is 4.71. The number of carboxylic acids is 1. The fraction of sp³-hybridized carbons (Fsp3) is 0.182. The maximum Gasteiger partial charge on any atom is 0.305 e. The first-order valence-corrected chi connectivity index (χ1v) is 13.2. The van der Waals surface area contributed by atoms with E-state index in [1.165, 1.54) is 4.90 Å². The van der Waals surface area contributed by atoms with E-state index in [1.54, 1.807) is 48.5 Å². The number of hydrogen-bond acceptors (Lipinski definition) is 3. The maximum absolute atomic E-state index is 13.9. The molecule has 0 fully saturated rings. The van der Waals surface area contributed by atoms with Gasteiger partial charge in [-0.05, 0) is 52.4 Å². The van der Waals surface area contributed by atoms with Gasteiger partial charge in [0.1, 0.15) is 11.6 Å². The number of benzene rings is 4. The Morgan fingerprint density at radius 2 is 1.37 bits per heavy atom. The summed E-state index contributed by atoms with van der Waals surface area (Å²) < 4.78 is 27.2. The Bertz CT molecular complexity index is 1520. The van der Waals surface area contributed by atoms with Crippen LogP contribution < -0.4 is 5.32 Å². The number of hydrogen-bond donors (Lipinski definition) is 2. The minimum absolute atomic E-state index is 0.0198. The molecule has 0 aromatic heterocycles. The molecule has 4 aromatic rings. The van der Waals surface area contributed by atoms with Crippen LogP contribution in [-0.2, 0) is 11.3 Å². The zero-order valence-corrected chi connectivity index (χ0v) is 22.5. The standard InChI is InChI=1S/C33H30F2N2O4/c1-22(24-9-3-2-4-10-24)21-37(16-15-31(38)39)33(41)30-14-8-6-12-28(30)27-11-5-7-13-29(27)32(40)36-20-23-17-25(34)19-26(35)18-23/h2-14,17-19,22H,15-16,20-21H2,1H3,(H,36,40)(H,38,39). The molecular weight excluding hydrogens is 526 g/mol. The summed E-state index contributed by atoms with van der Waals surface area (Å²) in [5.41, 5.74) is 2.89. The highest BCUT2D eigenvalue weighted by Gasteiger charge is 2.24. The molecule has 0 spiro atoms. The van der Waals surface area contributed by atoms with Gasteiger partial charge in [-0.15, -0.1) is 0 Å². The van der Waals surface area contributed by atoms with Crippen molar-refractivity contribution >= 4 is 17.8 Å². The summed E-state index contributed by atoms with van der Waals surface area (Å²) in [5.74, 6) is -3.37. The molecule has 0 saturated heterocycles. The molecule has 4 rings (SSSR count). The average Bonchev–Trinajstić information content (AvgIpc) is 2.97. The molecule has 2 N–H and O–H groups in total. The molecule has 0 aliphatic heterocycles. The van der Waals surface area contributed by atoms with Crippen LogP contribution in [0.1, 0.15) is 51.1 Å². The minimum atomic E-state index is -1.01. The van der Waals surface area contributed by atoms with E-state index in [0.717, 1.165) is 23.8 Å². The summed E-state index contributed by atoms with van der Waals surface area (Å²) in [7, 11) is 0. The largest absolute Gasteiger partial charge is 0.481 e. The topological polar surface area (TPSA) is 86.7 Å². The second-order valence-electron chi connectivity index (χ2n) is 9.76. The molecule has 0 radical (unpaired) electrons. The molecule has 1 unspecified atom stereocenters. The Morgan fingerprint density at radius 3 is 2.00 bits per heavy atom. The van der Waals surface area contributed by atoms with Gasteiger partial charge in [0.2, 0.25) is 0 Å². The van der Waals surface area contributed by atoms with Gasteiger partial charge in [-0.3, -0.25) is 14.4 Å². The number of nitrogens with one attached hydrogen (secondary N) is 1. The lowest BCUT2D eigenvalue weighted by atomic mass is 9.93. The van der Waals surface area contributed by atoms with Gasteiger partial charge in [-0.1, -0.05) is 73.7 Å². The number of carbonyl (C=O) groups is 3. The van der Waals surface area contributed by atoms with E-state index in [-0.39, 0.29) is 42.5 Å². The van der Waals surface area contributed by atoms with Gasteiger partial charge in [-0.2, -0.15) is 0 Å². The molecular formula is C33H30F2N2O4. The van der Waals surface area contributed by atoms with Crippen LogP contribution in [0.25, 0.3) is 11.1 Å². The molecule has 2 amide bonds. The van der Waals surface area contributed by atoms with Crippen molar-refractivity contribution in [2.75, 3.05) is 13.1 Å². The lowest BCUT2D eigenvalue weighted by Gasteiger charge is -2.27. The zero-order chi connectivity index (χ0) is 29.4. The lowest BCUT2D eigenvalue weighted by Crippen LogP contribution is -2.36. The number of carboxylic acid groups (broad SMARTS) is 1. The van der Waals surface area contributed by atoms with Crippen LogP contribution in [0, 0.1) is 11.6 Å². The van der Waals surface area contributed by atoms with Crippen LogP contribution in [0.3, 0.4) is 0 Å². The van der Waals surface area contributed by atoms with Gasteiger partial charge in [0, 0.05) is 36.8 Å². The van der Waals surface area contributed by atoms with Crippen LogP contribution >= 0.6 is 0 Å². The number of amides is 2. The van der Waals surface area contributed by atoms with E-state index >= 15 is 0 Å². The van der Waals surface area contributed by atoms with E-state index in [4.69, 9.17) is 0 Å². The molecule has 0 bridgehead atoms. The Kier molecular flexibility index (Phi) is 9.58. The predicted molar refractivity (Wildman–Crippen MR) is 152 cm³/mol. The second kappa shape index (κ2) is 13.5. The van der Waals surface area contributed by atoms with Crippen molar-refractivity contribution in [3.63, 3.8) is 0 Å². The number of carbonyl (C=O) groups excluding carboxylic acids is 2. The van der Waals surface area contributed by atoms with Crippen molar-refractivity contribution in [1.29, 1.82) is 0 Å². The smallest absolute Gasteiger partial charge is 0.305 e. The normalized spacial score (nSPS) is 11.5. The van der Waals surface area contributed by atoms with Crippen LogP contribution in [0.2, 0.25) is 0 Å². The van der Waals surface area contributed by atoms with E-state index in [0.29, 0.717) is 23.2 Å². The van der Waals surface area contributed by atoms with E-state index in [1.807, 2.05) is 37.3 Å². The first-order chi connectivity index (χ1) is 19.7. The monoisotopic (exact) mass is 556 g/mol. The summed E-state index contributed by atoms with van der Waals surface area (Å²) in [6.45, 7) is 2.21. The third-order valence-electron chi connectivity index (χ3n) is 6.74. The Morgan fingerprint density at radius 1 is 0.805 bits per heavy atom. The van der Waals surface area contributed by atoms with Gasteiger partial charge in [0.05, 0.1) is 6.42 Å². The molecule has 0 saturated carbocycles. The minimum Gasteiger partial charge on any atom is -0.481 e. The fourth-order valence-electron chi connectivity index (χ4n) is 4.71. The van der Waals surface area contributed by atoms with Gasteiger partial charge in [-0.25, -0.2) is 8.78 Å². The highest BCUT2D eigenvalue weighted by atomic mass is 19.1. The summed E-state index contributed by atoms with van der Waals surface area (Å²) in [6.07, 6.45) is -0.213. The first-order valence-electron chi connectivity index (χ1n) is 13.2. The van der Waals surface area contributed by atoms with Crippen LogP contribution in [-0.4, -0.2) is 40.9 Å². The quantitative estimate of drug-likeness (QED) is 0.228. The van der Waals surface area contributed by atoms with E-state index in [9.17, 15) is 28.3 Å². The van der Waals surface area contributed by atoms with E-state index < -0.39 is 23.5 Å². The average molecular weight is 557 g/mol. The number of halogens is 2. The van der Waals surface area contributed by atoms with Crippen LogP contribution in [0.4, 0.5) is 8.78 Å². The Balaban J connectivity index is 1.63. The van der Waals surface area contributed by atoms with Crippen molar-refractivity contribution in [3.05, 3.63) is 131 Å². The SMILES string of the molecule is CC(CN(CCC(=O)O)C(=O)c1ccccc1-c1ccccc1C(=O)NCc1cc(F)cc(F)c1)c1ccccc1. The summed E-state index contributed by atoms with van der Waals surface area (Å²) in [6, 6.07) is 26.3. The molecule has 6 nitrogen and oxygen atoms in total. The number of aliphatic carboxylic acids is 1. The Hall–Kier alpha value is -4.85. The van der Waals surface area contributed by atoms with Gasteiger partial charge >= 0.3 is 5.97 Å². The maximum atomic E-state index is 13.9. The summed E-state index contributed by atoms with van der Waals surface area (Å²) >= 11 is 0. The Labute approximate surface area is 237 Å². The molecule has 0 aliphatic rings. The predicted octanol–water partition coefficient (Wildman–Crippen LogP) is 6.28. The highest BCUT2D eigenvalue weighted by Crippen LogP contribution is 2.29. The van der Waals surface area contributed by atoms with Crippen molar-refractivity contribution in [1.82, 2.24) is 10.2 Å². The van der Waals surface area contributed by atoms with Crippen molar-refractivity contribution in [2.24, 2.45) is 0 Å². The van der Waals surface area contributed by atoms with Gasteiger partial charge < -0.3 is 15.3 Å². The molecule has 8 heteroatoms. The zero-order valence-electron chi connectivity index (χ0n) is 22.5. The molecule has 210 valence electrons. The molecule has 0 heterocycles. The van der Waals surface area contributed by atoms with Crippen molar-refractivity contribution < 1.29 is 28.3 Å². The summed E-state index contributed by atoms with van der Waals surface area (Å²) in [4.78, 5) is 40.1. The molecule has 1 atom stereocenters. The molecule has 41 heavy (non-hydrogen) atoms. The van der Waals surface area contributed by atoms with Gasteiger partial charge in [0.15, 0.2) is 0 Å². The third kappa shape index (κ3) is 7.63. The van der Waals surface area contributed by atoms with Crippen molar-refractivity contribution in [3.8, 4) is 11.1 Å².